The van der Waals surface area contributed by atoms with E-state index in [-0.39, 0.29) is 11.9 Å². The number of benzene rings is 2. The molecule has 3 rings (SSSR count). The Bertz CT molecular complexity index is 742. The Morgan fingerprint density at radius 1 is 1.19 bits per heavy atom. The van der Waals surface area contributed by atoms with Crippen LogP contribution in [-0.2, 0) is 4.79 Å². The third-order valence-corrected chi connectivity index (χ3v) is 6.20. The second kappa shape index (κ2) is 9.32. The van der Waals surface area contributed by atoms with Crippen molar-refractivity contribution in [2.45, 2.75) is 44.6 Å². The van der Waals surface area contributed by atoms with Gasteiger partial charge in [-0.3, -0.25) is 4.79 Å². The highest BCUT2D eigenvalue weighted by Crippen LogP contribution is 2.25. The van der Waals surface area contributed by atoms with E-state index in [1.54, 1.807) is 11.8 Å². The number of hydrogen-bond donors (Lipinski definition) is 1. The van der Waals surface area contributed by atoms with Crippen molar-refractivity contribution < 1.29 is 4.79 Å². The van der Waals surface area contributed by atoms with Crippen molar-refractivity contribution in [3.05, 3.63) is 59.7 Å². The number of nitrogens with one attached hydrogen (secondary N) is 1. The Morgan fingerprint density at radius 2 is 1.89 bits per heavy atom. The Balaban J connectivity index is 1.50. The second-order valence-corrected chi connectivity index (χ2v) is 8.72. The van der Waals surface area contributed by atoms with Crippen molar-refractivity contribution in [2.24, 2.45) is 5.92 Å². The number of aryl methyl sites for hydroxylation is 1. The fourth-order valence-electron chi connectivity index (χ4n) is 3.55. The Morgan fingerprint density at radius 3 is 2.56 bits per heavy atom. The van der Waals surface area contributed by atoms with E-state index in [0.29, 0.717) is 5.75 Å². The van der Waals surface area contributed by atoms with Crippen molar-refractivity contribution in [1.29, 1.82) is 0 Å². The van der Waals surface area contributed by atoms with Gasteiger partial charge < -0.3 is 10.2 Å². The average molecular weight is 383 g/mol. The van der Waals surface area contributed by atoms with Crippen LogP contribution in [0.25, 0.3) is 0 Å². The molecule has 1 saturated heterocycles. The van der Waals surface area contributed by atoms with Crippen LogP contribution >= 0.6 is 11.8 Å². The smallest absolute Gasteiger partial charge is 0.230 e. The zero-order chi connectivity index (χ0) is 19.2. The number of rotatable bonds is 6. The van der Waals surface area contributed by atoms with E-state index in [4.69, 9.17) is 0 Å². The first-order valence-corrected chi connectivity index (χ1v) is 10.8. The predicted octanol–water partition coefficient (Wildman–Crippen LogP) is 5.20. The molecule has 0 saturated carbocycles. The predicted molar refractivity (Wildman–Crippen MR) is 116 cm³/mol. The number of piperidine rings is 1. The van der Waals surface area contributed by atoms with Crippen LogP contribution < -0.4 is 10.2 Å². The van der Waals surface area contributed by atoms with Crippen LogP contribution in [0.4, 0.5) is 5.69 Å². The molecule has 1 N–H and O–H groups in total. The van der Waals surface area contributed by atoms with Crippen LogP contribution in [0.2, 0.25) is 0 Å². The molecule has 3 nitrogen and oxygen atoms in total. The van der Waals surface area contributed by atoms with Gasteiger partial charge in [-0.1, -0.05) is 36.8 Å². The third kappa shape index (κ3) is 5.77. The van der Waals surface area contributed by atoms with Gasteiger partial charge in [-0.15, -0.1) is 11.8 Å². The van der Waals surface area contributed by atoms with Gasteiger partial charge in [0.25, 0.3) is 0 Å². The summed E-state index contributed by atoms with van der Waals surface area (Å²) in [7, 11) is 0. The van der Waals surface area contributed by atoms with Crippen LogP contribution in [-0.4, -0.2) is 24.7 Å². The Labute approximate surface area is 167 Å². The summed E-state index contributed by atoms with van der Waals surface area (Å²) in [5.41, 5.74) is 3.68. The molecule has 1 fully saturated rings. The minimum Gasteiger partial charge on any atom is -0.371 e. The van der Waals surface area contributed by atoms with Crippen molar-refractivity contribution in [3.63, 3.8) is 0 Å². The first kappa shape index (κ1) is 19.8. The summed E-state index contributed by atoms with van der Waals surface area (Å²) in [5.74, 6) is 1.28. The summed E-state index contributed by atoms with van der Waals surface area (Å²) in [4.78, 5) is 15.9. The molecule has 0 aliphatic carbocycles. The van der Waals surface area contributed by atoms with Crippen LogP contribution in [0, 0.1) is 12.8 Å². The molecule has 27 heavy (non-hydrogen) atoms. The fourth-order valence-corrected chi connectivity index (χ4v) is 4.26. The topological polar surface area (TPSA) is 32.3 Å². The molecule has 1 aliphatic rings. The van der Waals surface area contributed by atoms with Crippen LogP contribution in [0.15, 0.2) is 53.4 Å². The third-order valence-electron chi connectivity index (χ3n) is 5.18. The molecule has 4 heteroatoms. The largest absolute Gasteiger partial charge is 0.371 e. The molecule has 144 valence electrons. The lowest BCUT2D eigenvalue weighted by Gasteiger charge is -2.33. The molecule has 1 amide bonds. The number of thioether (sulfide) groups is 1. The maximum absolute atomic E-state index is 12.3. The number of carbonyl (C=O) groups excluding carboxylic acids is 1. The minimum absolute atomic E-state index is 0.0189. The monoisotopic (exact) mass is 382 g/mol. The van der Waals surface area contributed by atoms with E-state index in [9.17, 15) is 4.79 Å². The normalized spacial score (nSPS) is 18.2. The van der Waals surface area contributed by atoms with Gasteiger partial charge in [-0.25, -0.2) is 0 Å². The molecule has 0 unspecified atom stereocenters. The first-order valence-electron chi connectivity index (χ1n) is 9.85. The molecule has 1 heterocycles. The zero-order valence-electron chi connectivity index (χ0n) is 16.6. The van der Waals surface area contributed by atoms with Gasteiger partial charge in [0.2, 0.25) is 5.91 Å². The number of amides is 1. The summed E-state index contributed by atoms with van der Waals surface area (Å²) in [6.07, 6.45) is 2.60. The highest BCUT2D eigenvalue weighted by molar-refractivity contribution is 8.00. The summed E-state index contributed by atoms with van der Waals surface area (Å²) in [6.45, 7) is 8.73. The van der Waals surface area contributed by atoms with E-state index in [1.807, 2.05) is 6.92 Å². The standard InChI is InChI=1S/C23H30N2OS/c1-17-6-12-22(13-7-17)27-16-23(26)24-19(3)20-8-10-21(11-9-20)25-14-4-5-18(2)15-25/h6-13,18-19H,4-5,14-16H2,1-3H3,(H,24,26)/t18-,19-/m1/s1. The van der Waals surface area contributed by atoms with E-state index in [0.717, 1.165) is 29.5 Å². The van der Waals surface area contributed by atoms with Crippen molar-refractivity contribution in [1.82, 2.24) is 5.32 Å². The van der Waals surface area contributed by atoms with Gasteiger partial charge in [0.05, 0.1) is 11.8 Å². The van der Waals surface area contributed by atoms with Gasteiger partial charge in [0.15, 0.2) is 0 Å². The lowest BCUT2D eigenvalue weighted by Crippen LogP contribution is -2.34. The second-order valence-electron chi connectivity index (χ2n) is 7.68. The van der Waals surface area contributed by atoms with Crippen LogP contribution in [0.3, 0.4) is 0 Å². The highest BCUT2D eigenvalue weighted by Gasteiger charge is 2.17. The molecular weight excluding hydrogens is 352 g/mol. The van der Waals surface area contributed by atoms with E-state index >= 15 is 0 Å². The van der Waals surface area contributed by atoms with Gasteiger partial charge in [0.1, 0.15) is 0 Å². The molecule has 2 atom stereocenters. The fraction of sp³-hybridized carbons (Fsp3) is 0.435. The Kier molecular flexibility index (Phi) is 6.84. The van der Waals surface area contributed by atoms with Crippen molar-refractivity contribution in [3.8, 4) is 0 Å². The molecule has 0 spiro atoms. The van der Waals surface area contributed by atoms with Gasteiger partial charge in [-0.05, 0) is 62.4 Å². The quantitative estimate of drug-likeness (QED) is 0.697. The van der Waals surface area contributed by atoms with Gasteiger partial charge >= 0.3 is 0 Å². The molecule has 0 bridgehead atoms. The first-order chi connectivity index (χ1) is 13.0. The number of hydrogen-bond acceptors (Lipinski definition) is 3. The van der Waals surface area contributed by atoms with E-state index in [2.05, 4.69) is 72.6 Å². The summed E-state index contributed by atoms with van der Waals surface area (Å²) in [5, 5.41) is 3.11. The molecule has 2 aromatic rings. The number of nitrogens with zero attached hydrogens (tertiary/aromatic N) is 1. The summed E-state index contributed by atoms with van der Waals surface area (Å²) >= 11 is 1.58. The maximum Gasteiger partial charge on any atom is 0.230 e. The summed E-state index contributed by atoms with van der Waals surface area (Å²) < 4.78 is 0. The van der Waals surface area contributed by atoms with Crippen molar-refractivity contribution >= 4 is 23.4 Å². The molecule has 1 aliphatic heterocycles. The molecular formula is C23H30N2OS. The lowest BCUT2D eigenvalue weighted by atomic mass is 9.99. The Hall–Kier alpha value is -1.94. The van der Waals surface area contributed by atoms with Crippen LogP contribution in [0.5, 0.6) is 0 Å². The lowest BCUT2D eigenvalue weighted by molar-refractivity contribution is -0.119. The molecule has 0 aromatic heterocycles. The van der Waals surface area contributed by atoms with Crippen molar-refractivity contribution in [2.75, 3.05) is 23.7 Å². The maximum atomic E-state index is 12.3. The van der Waals surface area contributed by atoms with Crippen LogP contribution in [0.1, 0.15) is 43.9 Å². The zero-order valence-corrected chi connectivity index (χ0v) is 17.4. The van der Waals surface area contributed by atoms with E-state index in [1.165, 1.54) is 24.1 Å². The highest BCUT2D eigenvalue weighted by atomic mass is 32.2. The SMILES string of the molecule is Cc1ccc(SCC(=O)N[C@H](C)c2ccc(N3CCC[C@@H](C)C3)cc2)cc1. The van der Waals surface area contributed by atoms with E-state index < -0.39 is 0 Å². The minimum atomic E-state index is 0.0189. The molecule has 0 radical (unpaired) electrons. The van der Waals surface area contributed by atoms with Gasteiger partial charge in [-0.2, -0.15) is 0 Å². The van der Waals surface area contributed by atoms with Gasteiger partial charge in [0, 0.05) is 23.7 Å². The molecule has 2 aromatic carbocycles. The number of anilines is 1. The average Bonchev–Trinajstić information content (AvgIpc) is 2.67. The number of carbonyl (C=O) groups is 1. The summed E-state index contributed by atoms with van der Waals surface area (Å²) in [6, 6.07) is 17.0.